The number of benzene rings is 1. The van der Waals surface area contributed by atoms with Gasteiger partial charge in [0, 0.05) is 36.5 Å². The summed E-state index contributed by atoms with van der Waals surface area (Å²) in [6.45, 7) is 5.78. The highest BCUT2D eigenvalue weighted by Crippen LogP contribution is 2.30. The molecule has 202 valence electrons. The summed E-state index contributed by atoms with van der Waals surface area (Å²) in [7, 11) is 0. The Balaban J connectivity index is 1.35. The van der Waals surface area contributed by atoms with Gasteiger partial charge in [-0.1, -0.05) is 32.4 Å². The predicted molar refractivity (Wildman–Crippen MR) is 138 cm³/mol. The van der Waals surface area contributed by atoms with Gasteiger partial charge in [0.05, 0.1) is 5.69 Å². The molecule has 1 aromatic carbocycles. The Morgan fingerprint density at radius 2 is 1.66 bits per heavy atom. The van der Waals surface area contributed by atoms with Gasteiger partial charge in [0.25, 0.3) is 5.91 Å². The lowest BCUT2D eigenvalue weighted by Crippen LogP contribution is -2.37. The molecule has 0 fully saturated rings. The average molecular weight is 566 g/mol. The van der Waals surface area contributed by atoms with Gasteiger partial charge in [-0.3, -0.25) is 14.7 Å². The maximum atomic E-state index is 14.4. The van der Waals surface area contributed by atoms with Crippen molar-refractivity contribution in [2.75, 3.05) is 31.5 Å². The van der Waals surface area contributed by atoms with Crippen molar-refractivity contribution in [2.24, 2.45) is 10.6 Å². The maximum absolute atomic E-state index is 14.4. The van der Waals surface area contributed by atoms with Crippen molar-refractivity contribution in [3.8, 4) is 0 Å². The van der Waals surface area contributed by atoms with Crippen molar-refractivity contribution in [3.05, 3.63) is 63.5 Å². The Hall–Kier alpha value is -3.22. The molecule has 0 radical (unpaired) electrons. The predicted octanol–water partition coefficient (Wildman–Crippen LogP) is 4.37. The summed E-state index contributed by atoms with van der Waals surface area (Å²) in [4.78, 5) is 45.1. The first-order valence-electron chi connectivity index (χ1n) is 11.6. The first-order valence-corrected chi connectivity index (χ1v) is 12.9. The smallest absolute Gasteiger partial charge is 0.410 e. The summed E-state index contributed by atoms with van der Waals surface area (Å²) in [5.74, 6) is -2.96. The first kappa shape index (κ1) is 27.8. The minimum atomic E-state index is -0.979. The van der Waals surface area contributed by atoms with Gasteiger partial charge in [0.1, 0.15) is 34.7 Å². The number of hydrogen-bond donors (Lipinski definition) is 2. The zero-order chi connectivity index (χ0) is 27.8. The molecule has 9 nitrogen and oxygen atoms in total. The summed E-state index contributed by atoms with van der Waals surface area (Å²) in [5.41, 5.74) is 1.02. The van der Waals surface area contributed by atoms with Gasteiger partial charge < -0.3 is 19.9 Å². The Morgan fingerprint density at radius 1 is 1.08 bits per heavy atom. The number of pyridine rings is 1. The quantitative estimate of drug-likeness (QED) is 0.314. The minimum Gasteiger partial charge on any atom is -0.443 e. The van der Waals surface area contributed by atoms with Crippen LogP contribution in [0.3, 0.4) is 0 Å². The molecule has 0 atom stereocenters. The van der Waals surface area contributed by atoms with Gasteiger partial charge in [-0.15, -0.1) is 0 Å². The van der Waals surface area contributed by atoms with E-state index in [1.165, 1.54) is 15.9 Å². The number of carbonyl (C=O) groups is 3. The number of anilines is 1. The van der Waals surface area contributed by atoms with E-state index in [4.69, 9.17) is 21.5 Å². The fourth-order valence-electron chi connectivity index (χ4n) is 4.06. The van der Waals surface area contributed by atoms with Crippen LogP contribution in [-0.4, -0.2) is 58.9 Å². The molecule has 2 aromatic rings. The van der Waals surface area contributed by atoms with Crippen LogP contribution in [0.2, 0.25) is 5.15 Å². The van der Waals surface area contributed by atoms with Crippen molar-refractivity contribution in [3.63, 3.8) is 0 Å². The van der Waals surface area contributed by atoms with Crippen LogP contribution in [0.5, 0.6) is 0 Å². The molecule has 3 N–H and O–H groups in total. The van der Waals surface area contributed by atoms with Crippen LogP contribution < -0.4 is 10.5 Å². The van der Waals surface area contributed by atoms with E-state index < -0.39 is 34.6 Å². The second-order valence-electron chi connectivity index (χ2n) is 9.99. The second kappa shape index (κ2) is 10.9. The molecular weight excluding hydrogens is 540 g/mol. The SMILES string of the molecule is CC(C)(C)C(=O)Nc1ccc(Cl)nc1COC(=O)N1CC2=C(C1)CN(C(=O)c1c(F)cc(SN)cc1F)C2. The monoisotopic (exact) mass is 565 g/mol. The third-order valence-corrected chi connectivity index (χ3v) is 6.86. The topological polar surface area (TPSA) is 118 Å². The van der Waals surface area contributed by atoms with Crippen molar-refractivity contribution >= 4 is 47.1 Å². The number of rotatable bonds is 5. The normalized spacial score (nSPS) is 15.1. The van der Waals surface area contributed by atoms with Crippen molar-refractivity contribution in [1.82, 2.24) is 14.8 Å². The average Bonchev–Trinajstić information content (AvgIpc) is 3.42. The number of halogens is 3. The maximum Gasteiger partial charge on any atom is 0.410 e. The van der Waals surface area contributed by atoms with Gasteiger partial charge >= 0.3 is 6.09 Å². The number of aromatic nitrogens is 1. The number of nitrogens with one attached hydrogen (secondary N) is 1. The van der Waals surface area contributed by atoms with E-state index in [0.717, 1.165) is 23.3 Å². The second-order valence-corrected chi connectivity index (χ2v) is 11.1. The van der Waals surface area contributed by atoms with E-state index in [9.17, 15) is 23.2 Å². The lowest BCUT2D eigenvalue weighted by atomic mass is 9.95. The summed E-state index contributed by atoms with van der Waals surface area (Å²) in [6.07, 6.45) is -0.612. The van der Waals surface area contributed by atoms with E-state index >= 15 is 0 Å². The number of nitrogens with zero attached hydrogens (tertiary/aromatic N) is 3. The largest absolute Gasteiger partial charge is 0.443 e. The molecule has 2 aliphatic rings. The summed E-state index contributed by atoms with van der Waals surface area (Å²) in [6, 6.07) is 5.15. The fraction of sp³-hybridized carbons (Fsp3) is 0.360. The van der Waals surface area contributed by atoms with Gasteiger partial charge in [-0.05, 0) is 47.4 Å². The van der Waals surface area contributed by atoms with Gasteiger partial charge in [0.2, 0.25) is 5.91 Å². The van der Waals surface area contributed by atoms with Crippen LogP contribution in [0.15, 0.2) is 40.3 Å². The zero-order valence-corrected chi connectivity index (χ0v) is 22.5. The number of ether oxygens (including phenoxy) is 1. The Morgan fingerprint density at radius 3 is 2.21 bits per heavy atom. The Labute approximate surface area is 227 Å². The Bertz CT molecular complexity index is 1310. The van der Waals surface area contributed by atoms with Crippen LogP contribution in [0.25, 0.3) is 0 Å². The summed E-state index contributed by atoms with van der Waals surface area (Å²) < 4.78 is 34.2. The molecule has 38 heavy (non-hydrogen) atoms. The highest BCUT2D eigenvalue weighted by molar-refractivity contribution is 7.97. The van der Waals surface area contributed by atoms with E-state index in [2.05, 4.69) is 10.3 Å². The van der Waals surface area contributed by atoms with Gasteiger partial charge in [0.15, 0.2) is 0 Å². The third-order valence-electron chi connectivity index (χ3n) is 6.14. The molecule has 0 spiro atoms. The van der Waals surface area contributed by atoms with Crippen LogP contribution in [0.4, 0.5) is 19.3 Å². The molecule has 13 heteroatoms. The number of nitrogens with two attached hydrogens (primary N) is 1. The molecule has 1 aromatic heterocycles. The van der Waals surface area contributed by atoms with E-state index in [0.29, 0.717) is 23.3 Å². The lowest BCUT2D eigenvalue weighted by Gasteiger charge is -2.23. The molecule has 2 aliphatic heterocycles. The van der Waals surface area contributed by atoms with Crippen LogP contribution in [0.1, 0.15) is 36.8 Å². The molecule has 3 heterocycles. The first-order chi connectivity index (χ1) is 17.9. The summed E-state index contributed by atoms with van der Waals surface area (Å²) >= 11 is 6.68. The number of carbonyl (C=O) groups excluding carboxylic acids is 3. The van der Waals surface area contributed by atoms with Crippen LogP contribution >= 0.6 is 23.5 Å². The minimum absolute atomic E-state index is 0.142. The molecule has 0 unspecified atom stereocenters. The fourth-order valence-corrected chi connectivity index (χ4v) is 4.57. The number of amides is 3. The van der Waals surface area contributed by atoms with Crippen LogP contribution in [0, 0.1) is 17.0 Å². The molecular formula is C25H26ClF2N5O4S. The zero-order valence-electron chi connectivity index (χ0n) is 20.9. The molecule has 0 bridgehead atoms. The van der Waals surface area contributed by atoms with E-state index in [1.54, 1.807) is 26.8 Å². The molecule has 0 aliphatic carbocycles. The molecule has 4 rings (SSSR count). The van der Waals surface area contributed by atoms with Gasteiger partial charge in [-0.2, -0.15) is 0 Å². The lowest BCUT2D eigenvalue weighted by molar-refractivity contribution is -0.123. The highest BCUT2D eigenvalue weighted by Gasteiger charge is 2.36. The highest BCUT2D eigenvalue weighted by atomic mass is 35.5. The summed E-state index contributed by atoms with van der Waals surface area (Å²) in [5, 5.41) is 8.31. The van der Waals surface area contributed by atoms with Crippen molar-refractivity contribution in [1.29, 1.82) is 0 Å². The van der Waals surface area contributed by atoms with Crippen LogP contribution in [-0.2, 0) is 16.1 Å². The van der Waals surface area contributed by atoms with E-state index in [-0.39, 0.29) is 48.7 Å². The molecule has 0 saturated heterocycles. The molecule has 0 saturated carbocycles. The van der Waals surface area contributed by atoms with Crippen molar-refractivity contribution in [2.45, 2.75) is 32.3 Å². The van der Waals surface area contributed by atoms with Gasteiger partial charge in [-0.25, -0.2) is 18.6 Å². The number of hydrogen-bond acceptors (Lipinski definition) is 7. The third kappa shape index (κ3) is 5.92. The Kier molecular flexibility index (Phi) is 7.96. The van der Waals surface area contributed by atoms with Crippen molar-refractivity contribution < 1.29 is 27.9 Å². The van der Waals surface area contributed by atoms with E-state index in [1.807, 2.05) is 0 Å². The standard InChI is InChI=1S/C25H26ClF2N5O4S/c1-25(2,3)23(35)31-18-4-5-20(26)30-19(18)12-37-24(36)33-10-13-8-32(9-14(13)11-33)22(34)21-16(27)6-15(38-29)7-17(21)28/h4-7H,8-12,29H2,1-3H3,(H,31,35). The molecule has 3 amide bonds.